The minimum Gasteiger partial charge on any atom is -0.481 e. The summed E-state index contributed by atoms with van der Waals surface area (Å²) in [6.07, 6.45) is 0.271. The molecule has 0 rings (SSSR count). The van der Waals surface area contributed by atoms with Gasteiger partial charge < -0.3 is 10.2 Å². The number of rotatable bonds is 5. The van der Waals surface area contributed by atoms with E-state index in [2.05, 4.69) is 6.58 Å². The van der Waals surface area contributed by atoms with Crippen molar-refractivity contribution < 1.29 is 19.8 Å². The van der Waals surface area contributed by atoms with Gasteiger partial charge in [-0.15, -0.1) is 0 Å². The third kappa shape index (κ3) is 3.20. The Labute approximate surface area is 83.2 Å². The third-order valence-electron chi connectivity index (χ3n) is 2.31. The molecule has 0 aliphatic rings. The van der Waals surface area contributed by atoms with Crippen molar-refractivity contribution in [2.75, 3.05) is 0 Å². The Kier molecular flexibility index (Phi) is 3.86. The number of aliphatic carboxylic acids is 2. The lowest BCUT2D eigenvalue weighted by atomic mass is 9.77. The van der Waals surface area contributed by atoms with Crippen LogP contribution in [0.1, 0.15) is 27.2 Å². The highest BCUT2D eigenvalue weighted by Gasteiger charge is 2.30. The second-order valence-electron chi connectivity index (χ2n) is 4.11. The van der Waals surface area contributed by atoms with Gasteiger partial charge in [-0.2, -0.15) is 0 Å². The number of hydrogen-bond acceptors (Lipinski definition) is 2. The van der Waals surface area contributed by atoms with E-state index in [1.807, 2.05) is 0 Å². The summed E-state index contributed by atoms with van der Waals surface area (Å²) < 4.78 is 0. The van der Waals surface area contributed by atoms with Crippen LogP contribution in [0.25, 0.3) is 0 Å². The molecule has 0 aromatic rings. The molecule has 1 unspecified atom stereocenters. The minimum absolute atomic E-state index is 0.0469. The molecule has 0 bridgehead atoms. The van der Waals surface area contributed by atoms with E-state index in [4.69, 9.17) is 10.2 Å². The van der Waals surface area contributed by atoms with Crippen molar-refractivity contribution in [2.24, 2.45) is 11.3 Å². The van der Waals surface area contributed by atoms with Gasteiger partial charge in [0, 0.05) is 5.57 Å². The van der Waals surface area contributed by atoms with E-state index in [0.29, 0.717) is 0 Å². The molecule has 0 radical (unpaired) electrons. The van der Waals surface area contributed by atoms with Crippen LogP contribution in [0, 0.1) is 11.3 Å². The SMILES string of the molecule is C=C(C(=O)O)C(C)(C)CC(C)C(=O)O. The zero-order chi connectivity index (χ0) is 11.5. The molecule has 2 N–H and O–H groups in total. The Morgan fingerprint density at radius 1 is 1.36 bits per heavy atom. The van der Waals surface area contributed by atoms with E-state index in [9.17, 15) is 9.59 Å². The van der Waals surface area contributed by atoms with Crippen LogP contribution in [0.4, 0.5) is 0 Å². The average molecular weight is 200 g/mol. The molecule has 0 spiro atoms. The molecule has 0 aromatic heterocycles. The van der Waals surface area contributed by atoms with Crippen LogP contribution in [0.15, 0.2) is 12.2 Å². The van der Waals surface area contributed by atoms with Gasteiger partial charge in [-0.3, -0.25) is 4.79 Å². The summed E-state index contributed by atoms with van der Waals surface area (Å²) in [7, 11) is 0. The van der Waals surface area contributed by atoms with Crippen molar-refractivity contribution >= 4 is 11.9 Å². The number of carboxylic acids is 2. The smallest absolute Gasteiger partial charge is 0.331 e. The molecule has 4 heteroatoms. The summed E-state index contributed by atoms with van der Waals surface area (Å²) in [6, 6.07) is 0. The minimum atomic E-state index is -1.08. The fraction of sp³-hybridized carbons (Fsp3) is 0.600. The van der Waals surface area contributed by atoms with Crippen molar-refractivity contribution in [3.8, 4) is 0 Å². The number of carboxylic acid groups (broad SMARTS) is 2. The zero-order valence-corrected chi connectivity index (χ0v) is 8.70. The Hall–Kier alpha value is -1.32. The zero-order valence-electron chi connectivity index (χ0n) is 8.70. The molecule has 0 aliphatic heterocycles. The lowest BCUT2D eigenvalue weighted by Gasteiger charge is -2.26. The predicted octanol–water partition coefficient (Wildman–Crippen LogP) is 1.76. The Balaban J connectivity index is 4.56. The Morgan fingerprint density at radius 3 is 2.07 bits per heavy atom. The first kappa shape index (κ1) is 12.7. The number of carbonyl (C=O) groups is 2. The molecule has 0 saturated carbocycles. The molecule has 0 fully saturated rings. The van der Waals surface area contributed by atoms with E-state index in [1.165, 1.54) is 0 Å². The molecule has 14 heavy (non-hydrogen) atoms. The summed E-state index contributed by atoms with van der Waals surface area (Å²) in [5.74, 6) is -2.56. The van der Waals surface area contributed by atoms with Crippen molar-refractivity contribution in [3.63, 3.8) is 0 Å². The maximum atomic E-state index is 10.7. The van der Waals surface area contributed by atoms with Gasteiger partial charge in [-0.1, -0.05) is 27.4 Å². The average Bonchev–Trinajstić information content (AvgIpc) is 2.01. The first-order valence-electron chi connectivity index (χ1n) is 4.34. The van der Waals surface area contributed by atoms with Gasteiger partial charge in [0.15, 0.2) is 0 Å². The van der Waals surface area contributed by atoms with Crippen molar-refractivity contribution in [1.29, 1.82) is 0 Å². The number of hydrogen-bond donors (Lipinski definition) is 2. The summed E-state index contributed by atoms with van der Waals surface area (Å²) >= 11 is 0. The highest BCUT2D eigenvalue weighted by Crippen LogP contribution is 2.32. The van der Waals surface area contributed by atoms with Gasteiger partial charge in [-0.05, 0) is 11.8 Å². The van der Waals surface area contributed by atoms with Gasteiger partial charge in [0.2, 0.25) is 0 Å². The largest absolute Gasteiger partial charge is 0.481 e. The fourth-order valence-corrected chi connectivity index (χ4v) is 1.27. The van der Waals surface area contributed by atoms with Crippen LogP contribution in [0.3, 0.4) is 0 Å². The summed E-state index contributed by atoms with van der Waals surface area (Å²) in [5, 5.41) is 17.4. The van der Waals surface area contributed by atoms with Crippen LogP contribution in [-0.2, 0) is 9.59 Å². The van der Waals surface area contributed by atoms with Crippen LogP contribution in [0.5, 0.6) is 0 Å². The van der Waals surface area contributed by atoms with Crippen LogP contribution in [-0.4, -0.2) is 22.2 Å². The molecule has 1 atom stereocenters. The Bertz CT molecular complexity index is 265. The van der Waals surface area contributed by atoms with Crippen molar-refractivity contribution in [1.82, 2.24) is 0 Å². The topological polar surface area (TPSA) is 74.6 Å². The van der Waals surface area contributed by atoms with Gasteiger partial charge in [0.1, 0.15) is 0 Å². The summed E-state index contributed by atoms with van der Waals surface area (Å²) in [4.78, 5) is 21.2. The molecule has 0 saturated heterocycles. The lowest BCUT2D eigenvalue weighted by molar-refractivity contribution is -0.142. The first-order chi connectivity index (χ1) is 6.18. The molecule has 4 nitrogen and oxygen atoms in total. The monoisotopic (exact) mass is 200 g/mol. The second kappa shape index (κ2) is 4.26. The van der Waals surface area contributed by atoms with Crippen LogP contribution < -0.4 is 0 Å². The fourth-order valence-electron chi connectivity index (χ4n) is 1.27. The third-order valence-corrected chi connectivity index (χ3v) is 2.31. The highest BCUT2D eigenvalue weighted by atomic mass is 16.4. The molecule has 0 aliphatic carbocycles. The van der Waals surface area contributed by atoms with Crippen LogP contribution >= 0.6 is 0 Å². The normalized spacial score (nSPS) is 13.4. The molecule has 0 heterocycles. The quantitative estimate of drug-likeness (QED) is 0.663. The molecule has 0 aromatic carbocycles. The van der Waals surface area contributed by atoms with Gasteiger partial charge in [0.25, 0.3) is 0 Å². The molecular weight excluding hydrogens is 184 g/mol. The van der Waals surface area contributed by atoms with Crippen LogP contribution in [0.2, 0.25) is 0 Å². The molecular formula is C10H16O4. The van der Waals surface area contributed by atoms with E-state index >= 15 is 0 Å². The van der Waals surface area contributed by atoms with Crippen molar-refractivity contribution in [3.05, 3.63) is 12.2 Å². The molecule has 80 valence electrons. The maximum absolute atomic E-state index is 10.7. The van der Waals surface area contributed by atoms with Gasteiger partial charge in [0.05, 0.1) is 5.92 Å². The first-order valence-corrected chi connectivity index (χ1v) is 4.34. The van der Waals surface area contributed by atoms with Gasteiger partial charge >= 0.3 is 11.9 Å². The van der Waals surface area contributed by atoms with E-state index in [-0.39, 0.29) is 12.0 Å². The maximum Gasteiger partial charge on any atom is 0.331 e. The summed E-state index contributed by atoms with van der Waals surface area (Å²) in [5.41, 5.74) is -0.644. The Morgan fingerprint density at radius 2 is 1.79 bits per heavy atom. The second-order valence-corrected chi connectivity index (χ2v) is 4.11. The van der Waals surface area contributed by atoms with E-state index in [0.717, 1.165) is 0 Å². The molecule has 0 amide bonds. The van der Waals surface area contributed by atoms with Gasteiger partial charge in [-0.25, -0.2) is 4.79 Å². The highest BCUT2D eigenvalue weighted by molar-refractivity contribution is 5.87. The lowest BCUT2D eigenvalue weighted by Crippen LogP contribution is -2.25. The standard InChI is InChI=1S/C10H16O4/c1-6(8(11)12)5-10(3,4)7(2)9(13)14/h6H,2,5H2,1,3-4H3,(H,11,12)(H,13,14). The summed E-state index contributed by atoms with van der Waals surface area (Å²) in [6.45, 7) is 8.37. The van der Waals surface area contributed by atoms with E-state index < -0.39 is 23.3 Å². The predicted molar refractivity (Wildman–Crippen MR) is 52.0 cm³/mol. The van der Waals surface area contributed by atoms with E-state index in [1.54, 1.807) is 20.8 Å². The van der Waals surface area contributed by atoms with Crippen molar-refractivity contribution in [2.45, 2.75) is 27.2 Å².